The summed E-state index contributed by atoms with van der Waals surface area (Å²) < 4.78 is 4.91. The summed E-state index contributed by atoms with van der Waals surface area (Å²) in [6.07, 6.45) is 1.80. The summed E-state index contributed by atoms with van der Waals surface area (Å²) in [5, 5.41) is 9.18. The second-order valence-corrected chi connectivity index (χ2v) is 4.50. The number of ether oxygens (including phenoxy) is 1. The van der Waals surface area contributed by atoms with Crippen LogP contribution < -0.4 is 4.90 Å². The molecule has 1 aliphatic rings. The molecule has 0 saturated carbocycles. The second kappa shape index (κ2) is 5.84. The number of fused-ring (bicyclic) bond motifs is 1. The Morgan fingerprint density at radius 2 is 2.21 bits per heavy atom. The van der Waals surface area contributed by atoms with Crippen molar-refractivity contribution in [3.63, 3.8) is 0 Å². The monoisotopic (exact) mass is 263 g/mol. The molecule has 1 amide bonds. The van der Waals surface area contributed by atoms with Crippen molar-refractivity contribution < 1.29 is 19.4 Å². The van der Waals surface area contributed by atoms with Gasteiger partial charge in [0.05, 0.1) is 18.6 Å². The SMILES string of the molecule is COCCC(=O)N1CCCc2c(C(=O)O)cccc21. The van der Waals surface area contributed by atoms with Gasteiger partial charge in [0.1, 0.15) is 0 Å². The maximum Gasteiger partial charge on any atom is 0.336 e. The van der Waals surface area contributed by atoms with E-state index in [0.717, 1.165) is 17.7 Å². The molecule has 2 rings (SSSR count). The average Bonchev–Trinajstić information content (AvgIpc) is 2.43. The van der Waals surface area contributed by atoms with Gasteiger partial charge in [-0.05, 0) is 30.5 Å². The van der Waals surface area contributed by atoms with Crippen molar-refractivity contribution >= 4 is 17.6 Å². The molecule has 1 N–H and O–H groups in total. The molecule has 0 atom stereocenters. The number of hydrogen-bond acceptors (Lipinski definition) is 3. The van der Waals surface area contributed by atoms with Crippen molar-refractivity contribution in [3.8, 4) is 0 Å². The number of carbonyl (C=O) groups is 2. The van der Waals surface area contributed by atoms with Gasteiger partial charge in [0.15, 0.2) is 0 Å². The molecular weight excluding hydrogens is 246 g/mol. The molecule has 1 heterocycles. The van der Waals surface area contributed by atoms with E-state index in [1.54, 1.807) is 24.1 Å². The van der Waals surface area contributed by atoms with E-state index >= 15 is 0 Å². The highest BCUT2D eigenvalue weighted by Crippen LogP contribution is 2.30. The fourth-order valence-electron chi connectivity index (χ4n) is 2.41. The van der Waals surface area contributed by atoms with Crippen LogP contribution in [-0.4, -0.2) is 37.2 Å². The first-order valence-electron chi connectivity index (χ1n) is 6.29. The summed E-state index contributed by atoms with van der Waals surface area (Å²) in [6.45, 7) is 1.02. The molecule has 0 spiro atoms. The summed E-state index contributed by atoms with van der Waals surface area (Å²) in [6, 6.07) is 5.08. The number of amides is 1. The molecule has 19 heavy (non-hydrogen) atoms. The zero-order valence-corrected chi connectivity index (χ0v) is 10.9. The van der Waals surface area contributed by atoms with Gasteiger partial charge in [0.2, 0.25) is 5.91 Å². The maximum atomic E-state index is 12.1. The summed E-state index contributed by atoms with van der Waals surface area (Å²) in [5.74, 6) is -0.964. The van der Waals surface area contributed by atoms with E-state index < -0.39 is 5.97 Å². The lowest BCUT2D eigenvalue weighted by Crippen LogP contribution is -2.36. The van der Waals surface area contributed by atoms with Gasteiger partial charge in [-0.1, -0.05) is 6.07 Å². The third-order valence-corrected chi connectivity index (χ3v) is 3.30. The molecule has 0 aromatic heterocycles. The van der Waals surface area contributed by atoms with Crippen LogP contribution >= 0.6 is 0 Å². The van der Waals surface area contributed by atoms with E-state index in [0.29, 0.717) is 31.6 Å². The highest BCUT2D eigenvalue weighted by molar-refractivity contribution is 5.98. The molecule has 0 unspecified atom stereocenters. The van der Waals surface area contributed by atoms with Crippen LogP contribution in [0.5, 0.6) is 0 Å². The minimum Gasteiger partial charge on any atom is -0.478 e. The first kappa shape index (κ1) is 13.5. The minimum absolute atomic E-state index is 0.0228. The van der Waals surface area contributed by atoms with Crippen molar-refractivity contribution in [3.05, 3.63) is 29.3 Å². The Bertz CT molecular complexity index is 498. The molecule has 0 radical (unpaired) electrons. The van der Waals surface area contributed by atoms with Gasteiger partial charge in [-0.25, -0.2) is 4.79 Å². The normalized spacial score (nSPS) is 14.1. The molecular formula is C14H17NO4. The van der Waals surface area contributed by atoms with Gasteiger partial charge in [-0.3, -0.25) is 4.79 Å². The number of nitrogens with zero attached hydrogens (tertiary/aromatic N) is 1. The Hall–Kier alpha value is -1.88. The lowest BCUT2D eigenvalue weighted by atomic mass is 9.96. The Balaban J connectivity index is 2.32. The van der Waals surface area contributed by atoms with E-state index in [4.69, 9.17) is 4.74 Å². The summed E-state index contributed by atoms with van der Waals surface area (Å²) in [7, 11) is 1.56. The number of rotatable bonds is 4. The highest BCUT2D eigenvalue weighted by atomic mass is 16.5. The van der Waals surface area contributed by atoms with Gasteiger partial charge < -0.3 is 14.7 Å². The number of hydrogen-bond donors (Lipinski definition) is 1. The van der Waals surface area contributed by atoms with Gasteiger partial charge >= 0.3 is 5.97 Å². The molecule has 0 fully saturated rings. The largest absolute Gasteiger partial charge is 0.478 e. The molecule has 1 aromatic carbocycles. The quantitative estimate of drug-likeness (QED) is 0.897. The third kappa shape index (κ3) is 2.76. The fraction of sp³-hybridized carbons (Fsp3) is 0.429. The van der Waals surface area contributed by atoms with Crippen molar-refractivity contribution in [1.29, 1.82) is 0 Å². The molecule has 5 heteroatoms. The minimum atomic E-state index is -0.942. The third-order valence-electron chi connectivity index (χ3n) is 3.30. The summed E-state index contributed by atoms with van der Waals surface area (Å²) in [4.78, 5) is 25.0. The number of carboxylic acids is 1. The van der Waals surface area contributed by atoms with Crippen molar-refractivity contribution in [2.45, 2.75) is 19.3 Å². The predicted octanol–water partition coefficient (Wildman–Crippen LogP) is 1.70. The number of benzene rings is 1. The van der Waals surface area contributed by atoms with E-state index in [9.17, 15) is 14.7 Å². The molecule has 5 nitrogen and oxygen atoms in total. The number of aromatic carboxylic acids is 1. The van der Waals surface area contributed by atoms with Crippen LogP contribution in [0.15, 0.2) is 18.2 Å². The molecule has 1 aromatic rings. The van der Waals surface area contributed by atoms with Crippen LogP contribution in [0.3, 0.4) is 0 Å². The zero-order valence-electron chi connectivity index (χ0n) is 10.9. The van der Waals surface area contributed by atoms with Crippen LogP contribution in [0.25, 0.3) is 0 Å². The maximum absolute atomic E-state index is 12.1. The number of carboxylic acid groups (broad SMARTS) is 1. The Morgan fingerprint density at radius 1 is 1.42 bits per heavy atom. The van der Waals surface area contributed by atoms with Crippen LogP contribution in [0, 0.1) is 0 Å². The van der Waals surface area contributed by atoms with Crippen LogP contribution in [0.2, 0.25) is 0 Å². The van der Waals surface area contributed by atoms with Gasteiger partial charge in [-0.2, -0.15) is 0 Å². The van der Waals surface area contributed by atoms with Crippen molar-refractivity contribution in [2.75, 3.05) is 25.2 Å². The van der Waals surface area contributed by atoms with E-state index in [1.165, 1.54) is 0 Å². The standard InChI is InChI=1S/C14H17NO4/c1-19-9-7-13(16)15-8-3-5-10-11(14(17)18)4-2-6-12(10)15/h2,4,6H,3,5,7-9H2,1H3,(H,17,18). The van der Waals surface area contributed by atoms with Crippen LogP contribution in [-0.2, 0) is 16.0 Å². The Labute approximate surface area is 111 Å². The first-order chi connectivity index (χ1) is 9.15. The number of carbonyl (C=O) groups excluding carboxylic acids is 1. The molecule has 0 saturated heterocycles. The summed E-state index contributed by atoms with van der Waals surface area (Å²) >= 11 is 0. The first-order valence-corrected chi connectivity index (χ1v) is 6.29. The zero-order chi connectivity index (χ0) is 13.8. The lowest BCUT2D eigenvalue weighted by Gasteiger charge is -2.30. The van der Waals surface area contributed by atoms with Gasteiger partial charge in [-0.15, -0.1) is 0 Å². The molecule has 102 valence electrons. The molecule has 0 bridgehead atoms. The van der Waals surface area contributed by atoms with Crippen LogP contribution in [0.4, 0.5) is 5.69 Å². The van der Waals surface area contributed by atoms with E-state index in [1.807, 2.05) is 6.07 Å². The van der Waals surface area contributed by atoms with Gasteiger partial charge in [0.25, 0.3) is 0 Å². The topological polar surface area (TPSA) is 66.8 Å². The summed E-state index contributed by atoms with van der Waals surface area (Å²) in [5.41, 5.74) is 1.78. The second-order valence-electron chi connectivity index (χ2n) is 4.50. The van der Waals surface area contributed by atoms with Gasteiger partial charge in [0, 0.05) is 19.3 Å². The molecule has 1 aliphatic heterocycles. The fourth-order valence-corrected chi connectivity index (χ4v) is 2.41. The highest BCUT2D eigenvalue weighted by Gasteiger charge is 2.25. The van der Waals surface area contributed by atoms with E-state index in [-0.39, 0.29) is 5.91 Å². The van der Waals surface area contributed by atoms with Crippen LogP contribution in [0.1, 0.15) is 28.8 Å². The number of anilines is 1. The van der Waals surface area contributed by atoms with E-state index in [2.05, 4.69) is 0 Å². The average molecular weight is 263 g/mol. The predicted molar refractivity (Wildman–Crippen MR) is 70.6 cm³/mol. The lowest BCUT2D eigenvalue weighted by molar-refractivity contribution is -0.119. The Morgan fingerprint density at radius 3 is 2.89 bits per heavy atom. The Kier molecular flexibility index (Phi) is 4.16. The number of methoxy groups -OCH3 is 1. The molecule has 0 aliphatic carbocycles. The smallest absolute Gasteiger partial charge is 0.336 e. The van der Waals surface area contributed by atoms with Crippen molar-refractivity contribution in [1.82, 2.24) is 0 Å². The van der Waals surface area contributed by atoms with Crippen molar-refractivity contribution in [2.24, 2.45) is 0 Å².